The van der Waals surface area contributed by atoms with Crippen molar-refractivity contribution in [2.45, 2.75) is 6.92 Å². The summed E-state index contributed by atoms with van der Waals surface area (Å²) in [6.07, 6.45) is 1.81. The molecule has 4 heteroatoms. The normalized spacial score (nSPS) is 10.4. The number of benzene rings is 1. The van der Waals surface area contributed by atoms with Gasteiger partial charge in [0.05, 0.1) is 0 Å². The highest BCUT2D eigenvalue weighted by Gasteiger charge is 2.03. The molecule has 0 unspecified atom stereocenters. The van der Waals surface area contributed by atoms with E-state index in [9.17, 15) is 4.79 Å². The van der Waals surface area contributed by atoms with Crippen LogP contribution in [0, 0.1) is 0 Å². The van der Waals surface area contributed by atoms with E-state index in [1.165, 1.54) is 6.92 Å². The first kappa shape index (κ1) is 8.87. The fourth-order valence-electron chi connectivity index (χ4n) is 1.48. The van der Waals surface area contributed by atoms with E-state index >= 15 is 0 Å². The zero-order valence-corrected chi connectivity index (χ0v) is 7.79. The van der Waals surface area contributed by atoms with Gasteiger partial charge in [-0.3, -0.25) is 4.79 Å². The van der Waals surface area contributed by atoms with Gasteiger partial charge in [0, 0.05) is 29.7 Å². The molecule has 0 aliphatic carbocycles. The average Bonchev–Trinajstić information content (AvgIpc) is 2.50. The third-order valence-electron chi connectivity index (χ3n) is 2.00. The van der Waals surface area contributed by atoms with Gasteiger partial charge < -0.3 is 10.3 Å². The fourth-order valence-corrected chi connectivity index (χ4v) is 1.48. The molecule has 2 rings (SSSR count). The first-order valence-electron chi connectivity index (χ1n) is 4.31. The van der Waals surface area contributed by atoms with Crippen molar-refractivity contribution in [3.63, 3.8) is 0 Å². The predicted octanol–water partition coefficient (Wildman–Crippen LogP) is 0.920. The van der Waals surface area contributed by atoms with Gasteiger partial charge in [0.1, 0.15) is 7.85 Å². The maximum atomic E-state index is 10.9. The molecule has 0 bridgehead atoms. The molecule has 0 saturated carbocycles. The van der Waals surface area contributed by atoms with E-state index < -0.39 is 0 Å². The second kappa shape index (κ2) is 3.22. The number of H-pyrrole nitrogens is 1. The summed E-state index contributed by atoms with van der Waals surface area (Å²) >= 11 is 0. The maximum Gasteiger partial charge on any atom is 0.221 e. The number of anilines is 1. The molecule has 2 aromatic rings. The topological polar surface area (TPSA) is 44.9 Å². The van der Waals surface area contributed by atoms with Gasteiger partial charge in [-0.05, 0) is 18.2 Å². The van der Waals surface area contributed by atoms with Gasteiger partial charge in [0.2, 0.25) is 5.91 Å². The Morgan fingerprint density at radius 2 is 2.29 bits per heavy atom. The predicted molar refractivity (Wildman–Crippen MR) is 58.0 cm³/mol. The zero-order valence-electron chi connectivity index (χ0n) is 7.79. The quantitative estimate of drug-likeness (QED) is 0.636. The lowest BCUT2D eigenvalue weighted by molar-refractivity contribution is -0.114. The third-order valence-corrected chi connectivity index (χ3v) is 2.00. The molecule has 3 nitrogen and oxygen atoms in total. The van der Waals surface area contributed by atoms with Crippen LogP contribution in [0.25, 0.3) is 10.9 Å². The van der Waals surface area contributed by atoms with Gasteiger partial charge in [0.15, 0.2) is 0 Å². The number of nitrogens with one attached hydrogen (secondary N) is 2. The minimum atomic E-state index is -0.0990. The zero-order chi connectivity index (χ0) is 10.1. The summed E-state index contributed by atoms with van der Waals surface area (Å²) in [5.41, 5.74) is 2.30. The Labute approximate surface area is 82.9 Å². The van der Waals surface area contributed by atoms with E-state index in [4.69, 9.17) is 7.85 Å². The summed E-state index contributed by atoms with van der Waals surface area (Å²) in [5, 5.41) is 3.70. The van der Waals surface area contributed by atoms with Gasteiger partial charge in [-0.15, -0.1) is 0 Å². The fraction of sp³-hybridized carbons (Fsp3) is 0.100. The van der Waals surface area contributed by atoms with Crippen LogP contribution in [0.15, 0.2) is 24.4 Å². The first-order valence-corrected chi connectivity index (χ1v) is 4.31. The van der Waals surface area contributed by atoms with Crippen LogP contribution in [0.3, 0.4) is 0 Å². The molecule has 2 N–H and O–H groups in total. The maximum absolute atomic E-state index is 10.9. The van der Waals surface area contributed by atoms with Crippen LogP contribution in [-0.2, 0) is 4.79 Å². The molecular weight excluding hydrogens is 175 g/mol. The van der Waals surface area contributed by atoms with Gasteiger partial charge in [0.25, 0.3) is 0 Å². The molecule has 1 aromatic carbocycles. The molecule has 0 spiro atoms. The number of aromatic nitrogens is 1. The number of rotatable bonds is 1. The van der Waals surface area contributed by atoms with Gasteiger partial charge in [-0.2, -0.15) is 0 Å². The number of hydrogen-bond acceptors (Lipinski definition) is 1. The molecule has 2 radical (unpaired) electrons. The lowest BCUT2D eigenvalue weighted by Crippen LogP contribution is -2.10. The third kappa shape index (κ3) is 1.51. The van der Waals surface area contributed by atoms with E-state index in [-0.39, 0.29) is 5.91 Å². The molecule has 0 aliphatic rings. The Morgan fingerprint density at radius 1 is 1.50 bits per heavy atom. The summed E-state index contributed by atoms with van der Waals surface area (Å²) < 4.78 is 0. The molecule has 0 aliphatic heterocycles. The molecule has 1 heterocycles. The van der Waals surface area contributed by atoms with E-state index in [1.54, 1.807) is 6.07 Å². The minimum Gasteiger partial charge on any atom is -0.361 e. The largest absolute Gasteiger partial charge is 0.361 e. The van der Waals surface area contributed by atoms with Crippen LogP contribution < -0.4 is 10.8 Å². The molecule has 0 atom stereocenters. The number of fused-ring (bicyclic) bond motifs is 1. The highest BCUT2D eigenvalue weighted by atomic mass is 16.1. The summed E-state index contributed by atoms with van der Waals surface area (Å²) in [6.45, 7) is 1.47. The molecule has 1 amide bonds. The Hall–Kier alpha value is -1.71. The Balaban J connectivity index is 2.60. The monoisotopic (exact) mass is 184 g/mol. The highest BCUT2D eigenvalue weighted by Crippen LogP contribution is 2.20. The summed E-state index contributed by atoms with van der Waals surface area (Å²) in [6, 6.07) is 5.48. The van der Waals surface area contributed by atoms with E-state index in [0.717, 1.165) is 16.6 Å². The van der Waals surface area contributed by atoms with Crippen molar-refractivity contribution in [1.82, 2.24) is 4.98 Å². The average molecular weight is 184 g/mol. The Bertz CT molecular complexity index is 490. The minimum absolute atomic E-state index is 0.0990. The van der Waals surface area contributed by atoms with Crippen LogP contribution in [0.4, 0.5) is 5.69 Å². The molecule has 1 aromatic heterocycles. The van der Waals surface area contributed by atoms with Gasteiger partial charge >= 0.3 is 0 Å². The molecule has 0 fully saturated rings. The van der Waals surface area contributed by atoms with Crippen molar-refractivity contribution in [2.24, 2.45) is 0 Å². The second-order valence-corrected chi connectivity index (χ2v) is 3.19. The highest BCUT2D eigenvalue weighted by molar-refractivity contribution is 6.34. The number of carbonyl (C=O) groups excluding carboxylic acids is 1. The number of aromatic amines is 1. The van der Waals surface area contributed by atoms with Crippen LogP contribution in [0.1, 0.15) is 6.92 Å². The lowest BCUT2D eigenvalue weighted by Gasteiger charge is -2.05. The van der Waals surface area contributed by atoms with Gasteiger partial charge in [-0.1, -0.05) is 5.46 Å². The molecule has 14 heavy (non-hydrogen) atoms. The van der Waals surface area contributed by atoms with Crippen molar-refractivity contribution >= 4 is 35.8 Å². The smallest absolute Gasteiger partial charge is 0.221 e. The molecule has 68 valence electrons. The van der Waals surface area contributed by atoms with Gasteiger partial charge in [-0.25, -0.2) is 0 Å². The Morgan fingerprint density at radius 3 is 3.00 bits per heavy atom. The number of amides is 1. The first-order chi connectivity index (χ1) is 6.66. The summed E-state index contributed by atoms with van der Waals surface area (Å²) in [7, 11) is 5.69. The van der Waals surface area contributed by atoms with E-state index in [1.807, 2.05) is 18.3 Å². The summed E-state index contributed by atoms with van der Waals surface area (Å²) in [5.74, 6) is -0.0990. The van der Waals surface area contributed by atoms with E-state index in [2.05, 4.69) is 10.3 Å². The SMILES string of the molecule is [B]c1cc(NC(C)=O)c2cc[nH]c2c1. The van der Waals surface area contributed by atoms with Crippen molar-refractivity contribution in [3.05, 3.63) is 24.4 Å². The lowest BCUT2D eigenvalue weighted by atomic mass is 9.94. The Kier molecular flexibility index (Phi) is 2.04. The van der Waals surface area contributed by atoms with E-state index in [0.29, 0.717) is 5.46 Å². The molecular formula is C10H9BN2O. The van der Waals surface area contributed by atoms with Crippen LogP contribution in [0.5, 0.6) is 0 Å². The van der Waals surface area contributed by atoms with Crippen LogP contribution in [0.2, 0.25) is 0 Å². The van der Waals surface area contributed by atoms with Crippen LogP contribution >= 0.6 is 0 Å². The van der Waals surface area contributed by atoms with Crippen LogP contribution in [-0.4, -0.2) is 18.7 Å². The second-order valence-electron chi connectivity index (χ2n) is 3.19. The number of hydrogen-bond donors (Lipinski definition) is 2. The van der Waals surface area contributed by atoms with Crippen molar-refractivity contribution < 1.29 is 4.79 Å². The number of carbonyl (C=O) groups is 1. The van der Waals surface area contributed by atoms with Crippen molar-refractivity contribution in [1.29, 1.82) is 0 Å². The van der Waals surface area contributed by atoms with Crippen molar-refractivity contribution in [2.75, 3.05) is 5.32 Å². The standard InChI is InChI=1S/C10H9BN2O/c1-6(14)13-10-5-7(11)4-9-8(10)2-3-12-9/h2-5,12H,1H3,(H,13,14). The van der Waals surface area contributed by atoms with Crippen molar-refractivity contribution in [3.8, 4) is 0 Å². The summed E-state index contributed by atoms with van der Waals surface area (Å²) in [4.78, 5) is 14.0. The molecule has 0 saturated heterocycles.